The second-order valence-electron chi connectivity index (χ2n) is 3.90. The molecule has 4 heterocycles. The van der Waals surface area contributed by atoms with E-state index in [-0.39, 0.29) is 0 Å². The molecule has 0 saturated heterocycles. The lowest BCUT2D eigenvalue weighted by Crippen LogP contribution is -2.24. The zero-order valence-electron chi connectivity index (χ0n) is 7.62. The molecule has 0 spiro atoms. The van der Waals surface area contributed by atoms with Crippen LogP contribution in [0.4, 0.5) is 0 Å². The van der Waals surface area contributed by atoms with Gasteiger partial charge in [-0.2, -0.15) is 0 Å². The topological polar surface area (TPSA) is 0 Å². The molecule has 0 saturated carbocycles. The van der Waals surface area contributed by atoms with Gasteiger partial charge in [-0.3, -0.25) is 0 Å². The smallest absolute Gasteiger partial charge is 0.0871 e. The van der Waals surface area contributed by atoms with Gasteiger partial charge in [-0.05, 0) is 21.5 Å². The van der Waals surface area contributed by atoms with Crippen LogP contribution in [0.1, 0.15) is 0 Å². The fraction of sp³-hybridized carbons (Fsp3) is 0. The van der Waals surface area contributed by atoms with Crippen LogP contribution >= 0.6 is 0 Å². The Kier molecular flexibility index (Phi) is 1.17. The number of hydrogen-bond acceptors (Lipinski definition) is 0. The molecule has 14 heavy (non-hydrogen) atoms. The first-order chi connectivity index (χ1) is 6.93. The van der Waals surface area contributed by atoms with Crippen molar-refractivity contribution < 1.29 is 0 Å². The second-order valence-corrected chi connectivity index (χ2v) is 8.06. The first kappa shape index (κ1) is 7.20. The van der Waals surface area contributed by atoms with Crippen molar-refractivity contribution in [3.05, 3.63) is 68.6 Å². The van der Waals surface area contributed by atoms with E-state index in [0.717, 1.165) is 0 Å². The normalized spacial score (nSPS) is 27.1. The summed E-state index contributed by atoms with van der Waals surface area (Å²) in [5.74, 6) is 0. The first-order valence-corrected chi connectivity index (χ1v) is 8.20. The SMILES string of the molecule is C1=C[Si]2C=CC3=C4C2=C1C=C[Si]4C=C3. The van der Waals surface area contributed by atoms with Crippen molar-refractivity contribution in [2.75, 3.05) is 0 Å². The van der Waals surface area contributed by atoms with E-state index in [1.54, 1.807) is 10.4 Å². The molecule has 0 nitrogen and oxygen atoms in total. The minimum absolute atomic E-state index is 0.442. The van der Waals surface area contributed by atoms with E-state index < -0.39 is 17.6 Å². The third kappa shape index (κ3) is 0.702. The van der Waals surface area contributed by atoms with Gasteiger partial charge in [-0.15, -0.1) is 0 Å². The van der Waals surface area contributed by atoms with E-state index in [1.807, 2.05) is 0 Å². The summed E-state index contributed by atoms with van der Waals surface area (Å²) >= 11 is 0. The molecule has 0 unspecified atom stereocenters. The van der Waals surface area contributed by atoms with Crippen molar-refractivity contribution in [2.24, 2.45) is 0 Å². The van der Waals surface area contributed by atoms with Gasteiger partial charge in [0.2, 0.25) is 0 Å². The molecule has 0 bridgehead atoms. The summed E-state index contributed by atoms with van der Waals surface area (Å²) in [5.41, 5.74) is 12.7. The maximum absolute atomic E-state index is 2.43. The summed E-state index contributed by atoms with van der Waals surface area (Å²) in [6.07, 6.45) is 9.32. The zero-order chi connectivity index (χ0) is 9.12. The molecule has 0 amide bonds. The first-order valence-electron chi connectivity index (χ1n) is 4.89. The molecule has 4 aliphatic heterocycles. The van der Waals surface area contributed by atoms with E-state index in [9.17, 15) is 0 Å². The van der Waals surface area contributed by atoms with Crippen LogP contribution in [-0.2, 0) is 0 Å². The van der Waals surface area contributed by atoms with Crippen LogP contribution in [0.2, 0.25) is 0 Å². The van der Waals surface area contributed by atoms with Crippen molar-refractivity contribution in [2.45, 2.75) is 0 Å². The van der Waals surface area contributed by atoms with Crippen LogP contribution in [0.5, 0.6) is 0 Å². The maximum atomic E-state index is 2.43. The van der Waals surface area contributed by atoms with Crippen molar-refractivity contribution >= 4 is 17.6 Å². The fourth-order valence-electron chi connectivity index (χ4n) is 2.52. The minimum atomic E-state index is -0.442. The number of rotatable bonds is 0. The van der Waals surface area contributed by atoms with Crippen LogP contribution in [0.3, 0.4) is 0 Å². The Labute approximate surface area is 86.5 Å². The van der Waals surface area contributed by atoms with Gasteiger partial charge in [0.05, 0.1) is 0 Å². The molecule has 2 radical (unpaired) electrons. The Morgan fingerprint density at radius 1 is 0.571 bits per heavy atom. The van der Waals surface area contributed by atoms with Gasteiger partial charge in [0, 0.05) is 0 Å². The average Bonchev–Trinajstić information content (AvgIpc) is 2.77. The van der Waals surface area contributed by atoms with Crippen LogP contribution in [0, 0.1) is 0 Å². The molecule has 0 aromatic carbocycles. The van der Waals surface area contributed by atoms with Crippen LogP contribution < -0.4 is 0 Å². The monoisotopic (exact) mass is 208 g/mol. The predicted molar refractivity (Wildman–Crippen MR) is 62.1 cm³/mol. The van der Waals surface area contributed by atoms with E-state index in [1.165, 1.54) is 11.1 Å². The van der Waals surface area contributed by atoms with Crippen molar-refractivity contribution in [3.8, 4) is 0 Å². The number of hydrogen-bond donors (Lipinski definition) is 0. The van der Waals surface area contributed by atoms with Gasteiger partial charge in [0.15, 0.2) is 0 Å². The molecule has 0 aromatic heterocycles. The number of allylic oxidation sites excluding steroid dienone is 8. The van der Waals surface area contributed by atoms with Gasteiger partial charge >= 0.3 is 0 Å². The molecule has 0 fully saturated rings. The quantitative estimate of drug-likeness (QED) is 0.535. The summed E-state index contributed by atoms with van der Waals surface area (Å²) in [6.45, 7) is 0. The van der Waals surface area contributed by atoms with Gasteiger partial charge in [0.1, 0.15) is 17.6 Å². The Hall–Kier alpha value is -1.13. The van der Waals surface area contributed by atoms with Crippen molar-refractivity contribution in [1.82, 2.24) is 0 Å². The van der Waals surface area contributed by atoms with E-state index in [0.29, 0.717) is 0 Å². The highest BCUT2D eigenvalue weighted by atomic mass is 28.3. The van der Waals surface area contributed by atoms with Gasteiger partial charge in [-0.25, -0.2) is 0 Å². The summed E-state index contributed by atoms with van der Waals surface area (Å²) in [5, 5.41) is 3.41. The molecule has 4 aliphatic rings. The van der Waals surface area contributed by atoms with Crippen molar-refractivity contribution in [1.29, 1.82) is 0 Å². The Balaban J connectivity index is 2.07. The van der Waals surface area contributed by atoms with Gasteiger partial charge in [-0.1, -0.05) is 47.1 Å². The highest BCUT2D eigenvalue weighted by molar-refractivity contribution is 6.88. The molecule has 0 aliphatic carbocycles. The molecular formula is C12H8Si2. The predicted octanol–water partition coefficient (Wildman–Crippen LogP) is 2.08. The maximum Gasteiger partial charge on any atom is 0.140 e. The largest absolute Gasteiger partial charge is 0.140 e. The summed E-state index contributed by atoms with van der Waals surface area (Å²) < 4.78 is 0. The fourth-order valence-corrected chi connectivity index (χ4v) is 7.58. The Morgan fingerprint density at radius 2 is 0.929 bits per heavy atom. The molecule has 4 rings (SSSR count). The zero-order valence-corrected chi connectivity index (χ0v) is 9.62. The third-order valence-electron chi connectivity index (χ3n) is 3.17. The lowest BCUT2D eigenvalue weighted by Gasteiger charge is -2.23. The van der Waals surface area contributed by atoms with Gasteiger partial charge in [0.25, 0.3) is 0 Å². The molecule has 0 aromatic rings. The Morgan fingerprint density at radius 3 is 1.29 bits per heavy atom. The molecule has 0 atom stereocenters. The highest BCUT2D eigenvalue weighted by Crippen LogP contribution is 2.40. The molecular weight excluding hydrogens is 200 g/mol. The lowest BCUT2D eigenvalue weighted by molar-refractivity contribution is 1.55. The van der Waals surface area contributed by atoms with Gasteiger partial charge < -0.3 is 0 Å². The van der Waals surface area contributed by atoms with Crippen LogP contribution in [0.25, 0.3) is 0 Å². The van der Waals surface area contributed by atoms with E-state index >= 15 is 0 Å². The van der Waals surface area contributed by atoms with E-state index in [4.69, 9.17) is 0 Å². The van der Waals surface area contributed by atoms with E-state index in [2.05, 4.69) is 47.1 Å². The average molecular weight is 208 g/mol. The summed E-state index contributed by atoms with van der Waals surface area (Å²) in [6, 6.07) is 0. The summed E-state index contributed by atoms with van der Waals surface area (Å²) in [4.78, 5) is 0. The molecule has 0 N–H and O–H groups in total. The van der Waals surface area contributed by atoms with Crippen molar-refractivity contribution in [3.63, 3.8) is 0 Å². The Bertz CT molecular complexity index is 464. The summed E-state index contributed by atoms with van der Waals surface area (Å²) in [7, 11) is -0.884. The molecule has 64 valence electrons. The highest BCUT2D eigenvalue weighted by Gasteiger charge is 2.34. The standard InChI is InChI=1S/C12H8Si2/c1-5-13-8-4-10-2-6-14-7-3-9(1)11(13)12(10)14/h1-8H. The second kappa shape index (κ2) is 2.27. The minimum Gasteiger partial charge on any atom is -0.0871 e. The van der Waals surface area contributed by atoms with Crippen LogP contribution in [-0.4, -0.2) is 17.6 Å². The lowest BCUT2D eigenvalue weighted by atomic mass is 10.1. The van der Waals surface area contributed by atoms with Crippen LogP contribution in [0.15, 0.2) is 68.6 Å². The third-order valence-corrected chi connectivity index (χ3v) is 7.76. The molecule has 2 heteroatoms.